The lowest BCUT2D eigenvalue weighted by Crippen LogP contribution is -2.44. The van der Waals surface area contributed by atoms with Crippen molar-refractivity contribution in [3.05, 3.63) is 35.9 Å². The summed E-state index contributed by atoms with van der Waals surface area (Å²) in [4.78, 5) is 14.8. The van der Waals surface area contributed by atoms with Crippen LogP contribution < -0.4 is 0 Å². The second-order valence-electron chi connectivity index (χ2n) is 5.51. The van der Waals surface area contributed by atoms with Gasteiger partial charge in [0.2, 0.25) is 5.91 Å². The molecule has 0 aromatic heterocycles. The summed E-state index contributed by atoms with van der Waals surface area (Å²) in [5.74, 6) is 0.100. The standard InChI is InChI=1S/C15H17Cl2NO/c16-15(17)11-14(15,12-7-3-1-4-8-12)13(19)18-9-5-2-6-10-18/h1,3-4,7-8H,2,5-6,9-11H2. The molecule has 2 fully saturated rings. The second kappa shape index (κ2) is 4.68. The van der Waals surface area contributed by atoms with E-state index in [9.17, 15) is 4.79 Å². The zero-order chi connectivity index (χ0) is 13.5. The van der Waals surface area contributed by atoms with E-state index in [0.717, 1.165) is 31.5 Å². The van der Waals surface area contributed by atoms with E-state index in [1.54, 1.807) is 0 Å². The number of nitrogens with zero attached hydrogens (tertiary/aromatic N) is 1. The average molecular weight is 298 g/mol. The fourth-order valence-electron chi connectivity index (χ4n) is 3.05. The van der Waals surface area contributed by atoms with Crippen molar-refractivity contribution in [2.45, 2.75) is 35.4 Å². The van der Waals surface area contributed by atoms with Crippen LogP contribution in [0, 0.1) is 0 Å². The summed E-state index contributed by atoms with van der Waals surface area (Å²) in [5, 5.41) is 0. The van der Waals surface area contributed by atoms with E-state index in [4.69, 9.17) is 23.2 Å². The van der Waals surface area contributed by atoms with Gasteiger partial charge in [-0.3, -0.25) is 4.79 Å². The SMILES string of the molecule is O=C(N1CCCCC1)C1(c2ccccc2)CC1(Cl)Cl. The lowest BCUT2D eigenvalue weighted by atomic mass is 9.93. The molecular formula is C15H17Cl2NO. The van der Waals surface area contributed by atoms with E-state index in [1.807, 2.05) is 35.2 Å². The molecule has 2 aliphatic rings. The first-order valence-electron chi connectivity index (χ1n) is 6.81. The van der Waals surface area contributed by atoms with Crippen LogP contribution in [0.1, 0.15) is 31.2 Å². The highest BCUT2D eigenvalue weighted by atomic mass is 35.5. The quantitative estimate of drug-likeness (QED) is 0.765. The van der Waals surface area contributed by atoms with Crippen LogP contribution in [-0.4, -0.2) is 28.2 Å². The van der Waals surface area contributed by atoms with Crippen LogP contribution in [0.15, 0.2) is 30.3 Å². The predicted molar refractivity (Wildman–Crippen MR) is 77.6 cm³/mol. The summed E-state index contributed by atoms with van der Waals surface area (Å²) in [6, 6.07) is 9.71. The Morgan fingerprint density at radius 1 is 1.05 bits per heavy atom. The molecule has 2 nitrogen and oxygen atoms in total. The molecule has 0 bridgehead atoms. The number of amides is 1. The predicted octanol–water partition coefficient (Wildman–Crippen LogP) is 3.51. The molecule has 1 heterocycles. The molecule has 19 heavy (non-hydrogen) atoms. The maximum absolute atomic E-state index is 12.9. The average Bonchev–Trinajstić information content (AvgIpc) is 3.04. The third-order valence-electron chi connectivity index (χ3n) is 4.26. The molecule has 102 valence electrons. The fourth-order valence-corrected chi connectivity index (χ4v) is 3.83. The Morgan fingerprint density at radius 2 is 1.63 bits per heavy atom. The van der Waals surface area contributed by atoms with Crippen molar-refractivity contribution >= 4 is 29.1 Å². The summed E-state index contributed by atoms with van der Waals surface area (Å²) >= 11 is 12.7. The molecule has 1 aliphatic carbocycles. The van der Waals surface area contributed by atoms with Gasteiger partial charge >= 0.3 is 0 Å². The van der Waals surface area contributed by atoms with Crippen LogP contribution in [-0.2, 0) is 10.2 Å². The van der Waals surface area contributed by atoms with Crippen LogP contribution in [0.3, 0.4) is 0 Å². The molecule has 3 rings (SSSR count). The number of carbonyl (C=O) groups is 1. The van der Waals surface area contributed by atoms with E-state index >= 15 is 0 Å². The van der Waals surface area contributed by atoms with Gasteiger partial charge in [0.25, 0.3) is 0 Å². The molecule has 1 saturated heterocycles. The van der Waals surface area contributed by atoms with Crippen molar-refractivity contribution in [3.63, 3.8) is 0 Å². The summed E-state index contributed by atoms with van der Waals surface area (Å²) in [6.07, 6.45) is 3.87. The van der Waals surface area contributed by atoms with E-state index in [0.29, 0.717) is 6.42 Å². The molecule has 1 unspecified atom stereocenters. The van der Waals surface area contributed by atoms with Gasteiger partial charge < -0.3 is 4.90 Å². The van der Waals surface area contributed by atoms with Crippen molar-refractivity contribution in [3.8, 4) is 0 Å². The van der Waals surface area contributed by atoms with Gasteiger partial charge in [0.1, 0.15) is 9.75 Å². The van der Waals surface area contributed by atoms with E-state index in [2.05, 4.69) is 0 Å². The van der Waals surface area contributed by atoms with Crippen LogP contribution in [0.4, 0.5) is 0 Å². The molecule has 0 spiro atoms. The number of likely N-dealkylation sites (tertiary alicyclic amines) is 1. The minimum absolute atomic E-state index is 0.100. The lowest BCUT2D eigenvalue weighted by Gasteiger charge is -2.31. The number of halogens is 2. The highest BCUT2D eigenvalue weighted by molar-refractivity contribution is 6.54. The normalized spacial score (nSPS) is 29.1. The van der Waals surface area contributed by atoms with Crippen molar-refractivity contribution in [2.24, 2.45) is 0 Å². The number of hydrogen-bond acceptors (Lipinski definition) is 1. The molecule has 1 atom stereocenters. The van der Waals surface area contributed by atoms with E-state index < -0.39 is 9.75 Å². The highest BCUT2D eigenvalue weighted by Crippen LogP contribution is 2.65. The maximum atomic E-state index is 12.9. The smallest absolute Gasteiger partial charge is 0.236 e. The topological polar surface area (TPSA) is 20.3 Å². The van der Waals surface area contributed by atoms with Crippen molar-refractivity contribution in [2.75, 3.05) is 13.1 Å². The minimum atomic E-state index is -0.955. The first kappa shape index (κ1) is 13.3. The van der Waals surface area contributed by atoms with Gasteiger partial charge in [-0.2, -0.15) is 0 Å². The molecule has 1 amide bonds. The summed E-state index contributed by atoms with van der Waals surface area (Å²) in [7, 11) is 0. The van der Waals surface area contributed by atoms with Crippen LogP contribution in [0.5, 0.6) is 0 Å². The van der Waals surface area contributed by atoms with Gasteiger partial charge in [-0.05, 0) is 24.8 Å². The summed E-state index contributed by atoms with van der Waals surface area (Å²) < 4.78 is -0.955. The first-order valence-corrected chi connectivity index (χ1v) is 7.56. The number of carbonyl (C=O) groups excluding carboxylic acids is 1. The monoisotopic (exact) mass is 297 g/mol. The Hall–Kier alpha value is -0.730. The zero-order valence-corrected chi connectivity index (χ0v) is 12.3. The molecule has 1 aromatic carbocycles. The third-order valence-corrected chi connectivity index (χ3v) is 5.17. The Balaban J connectivity index is 1.92. The van der Waals surface area contributed by atoms with E-state index in [-0.39, 0.29) is 5.91 Å². The third kappa shape index (κ3) is 2.05. The molecule has 4 heteroatoms. The van der Waals surface area contributed by atoms with Crippen LogP contribution >= 0.6 is 23.2 Å². The molecule has 0 radical (unpaired) electrons. The molecule has 1 aromatic rings. The maximum Gasteiger partial charge on any atom is 0.236 e. The molecule has 1 aliphatic heterocycles. The lowest BCUT2D eigenvalue weighted by molar-refractivity contribution is -0.134. The van der Waals surface area contributed by atoms with Crippen LogP contribution in [0.2, 0.25) is 0 Å². The van der Waals surface area contributed by atoms with Crippen molar-refractivity contribution < 1.29 is 4.79 Å². The van der Waals surface area contributed by atoms with Crippen LogP contribution in [0.25, 0.3) is 0 Å². The number of piperidine rings is 1. The van der Waals surface area contributed by atoms with Gasteiger partial charge in [-0.25, -0.2) is 0 Å². The number of benzene rings is 1. The number of alkyl halides is 2. The number of rotatable bonds is 2. The molecule has 1 saturated carbocycles. The van der Waals surface area contributed by atoms with E-state index in [1.165, 1.54) is 6.42 Å². The Labute approximate surface area is 123 Å². The second-order valence-corrected chi connectivity index (χ2v) is 6.99. The van der Waals surface area contributed by atoms with Crippen molar-refractivity contribution in [1.82, 2.24) is 4.90 Å². The van der Waals surface area contributed by atoms with Gasteiger partial charge in [-0.1, -0.05) is 30.3 Å². The Bertz CT molecular complexity index is 482. The highest BCUT2D eigenvalue weighted by Gasteiger charge is 2.72. The Kier molecular flexibility index (Phi) is 3.26. The van der Waals surface area contributed by atoms with Crippen molar-refractivity contribution in [1.29, 1.82) is 0 Å². The van der Waals surface area contributed by atoms with Gasteiger partial charge in [0.15, 0.2) is 0 Å². The molecule has 0 N–H and O–H groups in total. The van der Waals surface area contributed by atoms with Gasteiger partial charge in [0, 0.05) is 19.5 Å². The molecular weight excluding hydrogens is 281 g/mol. The van der Waals surface area contributed by atoms with Gasteiger partial charge in [0.05, 0.1) is 0 Å². The summed E-state index contributed by atoms with van der Waals surface area (Å²) in [6.45, 7) is 1.66. The first-order chi connectivity index (χ1) is 9.08. The Morgan fingerprint density at radius 3 is 2.16 bits per heavy atom. The zero-order valence-electron chi connectivity index (χ0n) is 10.7. The fraction of sp³-hybridized carbons (Fsp3) is 0.533. The summed E-state index contributed by atoms with van der Waals surface area (Å²) in [5.41, 5.74) is 0.213. The van der Waals surface area contributed by atoms with Gasteiger partial charge in [-0.15, -0.1) is 23.2 Å². The number of hydrogen-bond donors (Lipinski definition) is 0. The minimum Gasteiger partial charge on any atom is -0.342 e. The largest absolute Gasteiger partial charge is 0.342 e.